The largest absolute Gasteiger partial charge is 0.490 e. The molecule has 1 aliphatic heterocycles. The zero-order valence-electron chi connectivity index (χ0n) is 15.4. The molecule has 1 amide bonds. The Hall–Kier alpha value is -1.33. The van der Waals surface area contributed by atoms with Gasteiger partial charge in [0.05, 0.1) is 12.6 Å². The number of ether oxygens (including phenoxy) is 1. The van der Waals surface area contributed by atoms with Gasteiger partial charge in [0.15, 0.2) is 11.6 Å². The predicted octanol–water partition coefficient (Wildman–Crippen LogP) is 3.99. The fourth-order valence-corrected chi connectivity index (χ4v) is 3.30. The summed E-state index contributed by atoms with van der Waals surface area (Å²) < 4.78 is 19.7. The lowest BCUT2D eigenvalue weighted by Crippen LogP contribution is -2.30. The smallest absolute Gasteiger partial charge is 0.220 e. The average Bonchev–Trinajstić information content (AvgIpc) is 3.44. The molecule has 1 aromatic rings. The van der Waals surface area contributed by atoms with Gasteiger partial charge in [0.1, 0.15) is 0 Å². The molecule has 0 aromatic heterocycles. The molecule has 0 bridgehead atoms. The first kappa shape index (κ1) is 21.0. The first-order chi connectivity index (χ1) is 12.1. The van der Waals surface area contributed by atoms with Crippen LogP contribution < -0.4 is 15.4 Å². The molecule has 1 aliphatic carbocycles. The molecular weight excluding hydrogens is 355 g/mol. The molecule has 1 saturated heterocycles. The topological polar surface area (TPSA) is 50.4 Å². The van der Waals surface area contributed by atoms with E-state index < -0.39 is 0 Å². The SMILES string of the molecule is CC(NC(=O)CCC1CCNCC1)c1ccc(OCC2CC2)c(F)c1.Cl. The normalized spacial score (nSPS) is 18.7. The highest BCUT2D eigenvalue weighted by atomic mass is 35.5. The van der Waals surface area contributed by atoms with Crippen molar-refractivity contribution in [1.82, 2.24) is 10.6 Å². The van der Waals surface area contributed by atoms with Gasteiger partial charge in [-0.3, -0.25) is 4.79 Å². The fraction of sp³-hybridized carbons (Fsp3) is 0.650. The molecule has 1 saturated carbocycles. The van der Waals surface area contributed by atoms with Crippen molar-refractivity contribution in [3.63, 3.8) is 0 Å². The summed E-state index contributed by atoms with van der Waals surface area (Å²) in [5.41, 5.74) is 0.770. The van der Waals surface area contributed by atoms with Gasteiger partial charge in [-0.15, -0.1) is 12.4 Å². The number of nitrogens with one attached hydrogen (secondary N) is 2. The first-order valence-corrected chi connectivity index (χ1v) is 9.54. The number of amides is 1. The van der Waals surface area contributed by atoms with Crippen LogP contribution in [0.4, 0.5) is 4.39 Å². The summed E-state index contributed by atoms with van der Waals surface area (Å²) in [5.74, 6) is 1.23. The van der Waals surface area contributed by atoms with Crippen molar-refractivity contribution in [2.45, 2.75) is 51.5 Å². The van der Waals surface area contributed by atoms with E-state index >= 15 is 0 Å². The molecule has 2 fully saturated rings. The van der Waals surface area contributed by atoms with Crippen molar-refractivity contribution in [1.29, 1.82) is 0 Å². The quantitative estimate of drug-likeness (QED) is 0.712. The van der Waals surface area contributed by atoms with E-state index in [1.165, 1.54) is 18.9 Å². The molecule has 1 aromatic carbocycles. The maximum absolute atomic E-state index is 14.2. The first-order valence-electron chi connectivity index (χ1n) is 9.54. The van der Waals surface area contributed by atoms with Gasteiger partial charge in [0.25, 0.3) is 0 Å². The molecule has 146 valence electrons. The summed E-state index contributed by atoms with van der Waals surface area (Å²) in [4.78, 5) is 12.2. The number of benzene rings is 1. The third-order valence-corrected chi connectivity index (χ3v) is 5.24. The van der Waals surface area contributed by atoms with Gasteiger partial charge in [-0.05, 0) is 81.6 Å². The highest BCUT2D eigenvalue weighted by Crippen LogP contribution is 2.30. The lowest BCUT2D eigenvalue weighted by atomic mass is 9.93. The van der Waals surface area contributed by atoms with Crippen LogP contribution in [0.1, 0.15) is 57.1 Å². The number of piperidine rings is 1. The number of halogens is 2. The predicted molar refractivity (Wildman–Crippen MR) is 103 cm³/mol. The zero-order valence-corrected chi connectivity index (χ0v) is 16.2. The van der Waals surface area contributed by atoms with E-state index in [0.717, 1.165) is 37.9 Å². The second kappa shape index (κ2) is 10.1. The molecule has 0 radical (unpaired) electrons. The lowest BCUT2D eigenvalue weighted by molar-refractivity contribution is -0.122. The van der Waals surface area contributed by atoms with Crippen LogP contribution in [-0.4, -0.2) is 25.6 Å². The summed E-state index contributed by atoms with van der Waals surface area (Å²) in [6.07, 6.45) is 6.13. The Labute approximate surface area is 161 Å². The van der Waals surface area contributed by atoms with Crippen molar-refractivity contribution in [3.8, 4) is 5.75 Å². The summed E-state index contributed by atoms with van der Waals surface area (Å²) >= 11 is 0. The van der Waals surface area contributed by atoms with Gasteiger partial charge in [-0.2, -0.15) is 0 Å². The van der Waals surface area contributed by atoms with Gasteiger partial charge in [0.2, 0.25) is 5.91 Å². The van der Waals surface area contributed by atoms with E-state index in [1.54, 1.807) is 6.07 Å². The Bertz CT molecular complexity index is 589. The highest BCUT2D eigenvalue weighted by Gasteiger charge is 2.22. The summed E-state index contributed by atoms with van der Waals surface area (Å²) in [7, 11) is 0. The van der Waals surface area contributed by atoms with E-state index in [1.807, 2.05) is 13.0 Å². The van der Waals surface area contributed by atoms with Crippen molar-refractivity contribution >= 4 is 18.3 Å². The van der Waals surface area contributed by atoms with Gasteiger partial charge in [-0.25, -0.2) is 4.39 Å². The number of carbonyl (C=O) groups excluding carboxylic acids is 1. The maximum atomic E-state index is 14.2. The fourth-order valence-electron chi connectivity index (χ4n) is 3.30. The Morgan fingerprint density at radius 2 is 2.00 bits per heavy atom. The van der Waals surface area contributed by atoms with Crippen molar-refractivity contribution < 1.29 is 13.9 Å². The summed E-state index contributed by atoms with van der Waals surface area (Å²) in [6.45, 7) is 4.59. The molecule has 1 atom stereocenters. The summed E-state index contributed by atoms with van der Waals surface area (Å²) in [5, 5.41) is 6.32. The van der Waals surface area contributed by atoms with Crippen LogP contribution in [0.5, 0.6) is 5.75 Å². The standard InChI is InChI=1S/C20H29FN2O2.ClH/c1-14(23-20(24)7-4-15-8-10-22-11-9-15)17-5-6-19(18(21)12-17)25-13-16-2-3-16;/h5-6,12,14-16,22H,2-4,7-11,13H2,1H3,(H,23,24);1H. The van der Waals surface area contributed by atoms with Crippen LogP contribution in [0.3, 0.4) is 0 Å². The molecule has 3 rings (SSSR count). The zero-order chi connectivity index (χ0) is 17.6. The van der Waals surface area contributed by atoms with Crippen molar-refractivity contribution in [2.75, 3.05) is 19.7 Å². The van der Waals surface area contributed by atoms with E-state index in [2.05, 4.69) is 10.6 Å². The van der Waals surface area contributed by atoms with Gasteiger partial charge < -0.3 is 15.4 Å². The molecule has 2 aliphatic rings. The van der Waals surface area contributed by atoms with Gasteiger partial charge >= 0.3 is 0 Å². The molecule has 1 unspecified atom stereocenters. The minimum absolute atomic E-state index is 0. The van der Waals surface area contributed by atoms with Crippen LogP contribution in [0, 0.1) is 17.7 Å². The molecule has 26 heavy (non-hydrogen) atoms. The molecule has 1 heterocycles. The van der Waals surface area contributed by atoms with Gasteiger partial charge in [-0.1, -0.05) is 6.07 Å². The Kier molecular flexibility index (Phi) is 8.16. The van der Waals surface area contributed by atoms with E-state index in [-0.39, 0.29) is 30.2 Å². The minimum atomic E-state index is -0.353. The molecule has 2 N–H and O–H groups in total. The Balaban J connectivity index is 0.00000243. The van der Waals surface area contributed by atoms with E-state index in [9.17, 15) is 9.18 Å². The second-order valence-corrected chi connectivity index (χ2v) is 7.47. The van der Waals surface area contributed by atoms with E-state index in [4.69, 9.17) is 4.74 Å². The van der Waals surface area contributed by atoms with Crippen LogP contribution >= 0.6 is 12.4 Å². The lowest BCUT2D eigenvalue weighted by Gasteiger charge is -2.22. The molecule has 4 nitrogen and oxygen atoms in total. The van der Waals surface area contributed by atoms with Crippen LogP contribution in [0.15, 0.2) is 18.2 Å². The maximum Gasteiger partial charge on any atom is 0.220 e. The molecular formula is C20H30ClFN2O2. The van der Waals surface area contributed by atoms with Crippen LogP contribution in [0.2, 0.25) is 0 Å². The number of hydrogen-bond acceptors (Lipinski definition) is 3. The molecule has 6 heteroatoms. The van der Waals surface area contributed by atoms with Gasteiger partial charge in [0, 0.05) is 6.42 Å². The monoisotopic (exact) mass is 384 g/mol. The number of carbonyl (C=O) groups is 1. The number of hydrogen-bond donors (Lipinski definition) is 2. The Morgan fingerprint density at radius 3 is 2.65 bits per heavy atom. The minimum Gasteiger partial charge on any atom is -0.490 e. The Morgan fingerprint density at radius 1 is 1.27 bits per heavy atom. The van der Waals surface area contributed by atoms with Crippen molar-refractivity contribution in [2.24, 2.45) is 11.8 Å². The average molecular weight is 385 g/mol. The molecule has 0 spiro atoms. The number of rotatable bonds is 8. The van der Waals surface area contributed by atoms with Crippen LogP contribution in [-0.2, 0) is 4.79 Å². The summed E-state index contributed by atoms with van der Waals surface area (Å²) in [6, 6.07) is 4.78. The highest BCUT2D eigenvalue weighted by molar-refractivity contribution is 5.85. The third-order valence-electron chi connectivity index (χ3n) is 5.24. The third kappa shape index (κ3) is 6.44. The second-order valence-electron chi connectivity index (χ2n) is 7.47. The van der Waals surface area contributed by atoms with E-state index in [0.29, 0.717) is 30.6 Å². The van der Waals surface area contributed by atoms with Crippen molar-refractivity contribution in [3.05, 3.63) is 29.6 Å². The van der Waals surface area contributed by atoms with Crippen LogP contribution in [0.25, 0.3) is 0 Å².